The number of hydrogen-bond acceptors (Lipinski definition) is 2. The average molecular weight is 295 g/mol. The van der Waals surface area contributed by atoms with Gasteiger partial charge in [0.2, 0.25) is 10.0 Å². The summed E-state index contributed by atoms with van der Waals surface area (Å²) < 4.78 is 71.9. The van der Waals surface area contributed by atoms with E-state index in [4.69, 9.17) is 0 Å². The zero-order chi connectivity index (χ0) is 12.4. The Morgan fingerprint density at radius 1 is 1.12 bits per heavy atom. The van der Waals surface area contributed by atoms with Crippen LogP contribution in [0, 0.1) is 5.82 Å². The first kappa shape index (κ1) is 17.6. The summed E-state index contributed by atoms with van der Waals surface area (Å²) in [5.41, 5.74) is 0. The third kappa shape index (κ3) is 6.32. The van der Waals surface area contributed by atoms with Crippen molar-refractivity contribution in [1.29, 1.82) is 0 Å². The first-order valence-corrected chi connectivity index (χ1v) is 5.65. The van der Waals surface area contributed by atoms with Crippen LogP contribution in [0.4, 0.5) is 17.3 Å². The molecule has 0 atom stereocenters. The fourth-order valence-electron chi connectivity index (χ4n) is 0.901. The van der Waals surface area contributed by atoms with Crippen molar-refractivity contribution in [1.82, 2.24) is 4.72 Å². The van der Waals surface area contributed by atoms with E-state index in [1.54, 1.807) is 0 Å². The Bertz CT molecular complexity index is 462. The zero-order valence-corrected chi connectivity index (χ0v) is 12.8. The monoisotopic (exact) mass is 295 g/mol. The summed E-state index contributed by atoms with van der Waals surface area (Å²) in [4.78, 5) is -0.408. The largest absolute Gasteiger partial charge is 1.00 e. The van der Waals surface area contributed by atoms with E-state index in [-0.39, 0.29) is 51.4 Å². The molecule has 1 aromatic rings. The number of hydrogen-bond donors (Lipinski definition) is 1. The van der Waals surface area contributed by atoms with Gasteiger partial charge in [-0.05, 0) is 30.7 Å². The zero-order valence-electron chi connectivity index (χ0n) is 8.83. The third-order valence-electron chi connectivity index (χ3n) is 1.63. The van der Waals surface area contributed by atoms with Crippen molar-refractivity contribution in [3.05, 3.63) is 30.1 Å². The Hall–Kier alpha value is 0.551. The molecule has 0 aliphatic rings. The molecule has 1 rings (SSSR count). The van der Waals surface area contributed by atoms with Crippen LogP contribution < -0.4 is 56.1 Å². The van der Waals surface area contributed by atoms with Crippen molar-refractivity contribution < 1.29 is 77.1 Å². The van der Waals surface area contributed by atoms with Crippen molar-refractivity contribution in [2.45, 2.75) is 4.90 Å². The van der Waals surface area contributed by atoms with Crippen LogP contribution >= 0.6 is 0 Å². The summed E-state index contributed by atoms with van der Waals surface area (Å²) >= 11 is 0. The van der Waals surface area contributed by atoms with Gasteiger partial charge in [0.05, 0.1) is 4.90 Å². The smallest absolute Gasteiger partial charge is 0.448 e. The van der Waals surface area contributed by atoms with E-state index in [2.05, 4.69) is 0 Å². The second-order valence-electron chi connectivity index (χ2n) is 3.02. The summed E-state index contributed by atoms with van der Waals surface area (Å²) in [6.07, 6.45) is -1.60. The Kier molecular flexibility index (Phi) is 6.86. The van der Waals surface area contributed by atoms with Gasteiger partial charge in [-0.2, -0.15) is 0 Å². The van der Waals surface area contributed by atoms with Crippen LogP contribution in [0.15, 0.2) is 29.2 Å². The third-order valence-corrected chi connectivity index (χ3v) is 3.07. The molecule has 0 aromatic heterocycles. The molecule has 0 aliphatic heterocycles. The molecular weight excluding hydrogens is 288 g/mol. The van der Waals surface area contributed by atoms with E-state index < -0.39 is 34.2 Å². The van der Waals surface area contributed by atoms with Gasteiger partial charge in [0.15, 0.2) is 0 Å². The summed E-state index contributed by atoms with van der Waals surface area (Å²) in [7, 11) is -4.23. The number of nitrogens with one attached hydrogen (secondary N) is 1. The Balaban J connectivity index is 0.00000256. The number of benzene rings is 1. The minimum absolute atomic E-state index is 0. The van der Waals surface area contributed by atoms with Crippen molar-refractivity contribution in [3.8, 4) is 0 Å². The quantitative estimate of drug-likeness (QED) is 0.542. The number of rotatable bonds is 4. The van der Waals surface area contributed by atoms with Gasteiger partial charge in [-0.25, -0.2) is 17.5 Å². The predicted molar refractivity (Wildman–Crippen MR) is 50.7 cm³/mol. The predicted octanol–water partition coefficient (Wildman–Crippen LogP) is -1.51. The van der Waals surface area contributed by atoms with Gasteiger partial charge in [0.25, 0.3) is 0 Å². The molecule has 10 heteroatoms. The summed E-state index contributed by atoms with van der Waals surface area (Å²) in [6, 6.07) is 3.49. The van der Waals surface area contributed by atoms with Gasteiger partial charge in [0, 0.05) is 0 Å². The summed E-state index contributed by atoms with van der Waals surface area (Å²) in [6.45, 7) is -5.24. The molecule has 0 saturated heterocycles. The Morgan fingerprint density at radius 2 is 1.59 bits per heavy atom. The van der Waals surface area contributed by atoms with Crippen LogP contribution in [0.1, 0.15) is 0 Å². The number of halogens is 4. The molecule has 3 nitrogen and oxygen atoms in total. The van der Waals surface area contributed by atoms with Crippen LogP contribution in [0.2, 0.25) is 0 Å². The molecule has 0 fully saturated rings. The van der Waals surface area contributed by atoms with E-state index in [0.717, 1.165) is 24.3 Å². The van der Waals surface area contributed by atoms with E-state index in [0.29, 0.717) is 0 Å². The standard InChI is InChI=1S/C7H7BF4NO2S.K/c9-6-1-3-7(4-2-6)16(14,15)13-5-8(10,11)12;/h1-4,13H,5H2;/q-1;+1. The van der Waals surface area contributed by atoms with Crippen LogP contribution in [-0.4, -0.2) is 21.8 Å². The van der Waals surface area contributed by atoms with Crippen molar-refractivity contribution >= 4 is 17.0 Å². The minimum atomic E-state index is -5.24. The maximum atomic E-state index is 12.5. The maximum absolute atomic E-state index is 12.5. The van der Waals surface area contributed by atoms with Gasteiger partial charge in [-0.1, -0.05) is 0 Å². The van der Waals surface area contributed by atoms with Crippen molar-refractivity contribution in [3.63, 3.8) is 0 Å². The first-order valence-electron chi connectivity index (χ1n) is 4.17. The normalized spacial score (nSPS) is 12.0. The van der Waals surface area contributed by atoms with Gasteiger partial charge < -0.3 is 12.9 Å². The van der Waals surface area contributed by atoms with E-state index >= 15 is 0 Å². The van der Waals surface area contributed by atoms with Gasteiger partial charge in [-0.3, -0.25) is 0 Å². The second-order valence-corrected chi connectivity index (χ2v) is 4.78. The number of sulfonamides is 1. The van der Waals surface area contributed by atoms with E-state index in [9.17, 15) is 25.8 Å². The minimum Gasteiger partial charge on any atom is -0.448 e. The first-order chi connectivity index (χ1) is 7.21. The molecule has 0 amide bonds. The molecule has 0 unspecified atom stereocenters. The molecule has 0 spiro atoms. The molecule has 1 aromatic carbocycles. The van der Waals surface area contributed by atoms with Crippen molar-refractivity contribution in [2.75, 3.05) is 6.44 Å². The molecule has 90 valence electrons. The van der Waals surface area contributed by atoms with Crippen LogP contribution in [0.3, 0.4) is 0 Å². The van der Waals surface area contributed by atoms with Crippen LogP contribution in [0.5, 0.6) is 0 Å². The van der Waals surface area contributed by atoms with Gasteiger partial charge in [-0.15, -0.1) is 0 Å². The molecule has 0 saturated carbocycles. The van der Waals surface area contributed by atoms with Gasteiger partial charge in [0.1, 0.15) is 5.82 Å². The average Bonchev–Trinajstić information content (AvgIpc) is 2.15. The summed E-state index contributed by atoms with van der Waals surface area (Å²) in [5.74, 6) is -0.668. The fraction of sp³-hybridized carbons (Fsp3) is 0.143. The van der Waals surface area contributed by atoms with E-state index in [1.807, 2.05) is 0 Å². The van der Waals surface area contributed by atoms with Crippen LogP contribution in [0.25, 0.3) is 0 Å². The van der Waals surface area contributed by atoms with Crippen molar-refractivity contribution in [2.24, 2.45) is 0 Å². The molecular formula is C7H7BF4KNO2S. The Morgan fingerprint density at radius 3 is 2.00 bits per heavy atom. The van der Waals surface area contributed by atoms with E-state index in [1.165, 1.54) is 4.72 Å². The molecule has 0 radical (unpaired) electrons. The molecule has 0 bridgehead atoms. The molecule has 1 N–H and O–H groups in total. The molecule has 0 aliphatic carbocycles. The molecule has 0 heterocycles. The maximum Gasteiger partial charge on any atom is 1.00 e. The van der Waals surface area contributed by atoms with Crippen LogP contribution in [-0.2, 0) is 10.0 Å². The fourth-order valence-corrected chi connectivity index (χ4v) is 1.97. The SMILES string of the molecule is O=S(=O)(NC[B-](F)(F)F)c1ccc(F)cc1.[K+]. The summed E-state index contributed by atoms with van der Waals surface area (Å²) in [5, 5.41) is 0. The topological polar surface area (TPSA) is 46.2 Å². The second kappa shape index (κ2) is 6.64. The Labute approximate surface area is 138 Å². The van der Waals surface area contributed by atoms with Gasteiger partial charge >= 0.3 is 58.4 Å². The molecule has 17 heavy (non-hydrogen) atoms.